The molecule has 0 aliphatic rings. The molecule has 1 amide bonds. The van der Waals surface area contributed by atoms with Gasteiger partial charge in [-0.2, -0.15) is 0 Å². The number of hydroxylamine groups is 2. The number of fused-ring (bicyclic) bond motifs is 1. The van der Waals surface area contributed by atoms with Crippen LogP contribution in [0.2, 0.25) is 0 Å². The predicted octanol–water partition coefficient (Wildman–Crippen LogP) is 1.73. The van der Waals surface area contributed by atoms with Crippen LogP contribution in [0.15, 0.2) is 48.9 Å². The van der Waals surface area contributed by atoms with Crippen molar-refractivity contribution in [3.8, 4) is 5.75 Å². The Bertz CT molecular complexity index is 817. The van der Waals surface area contributed by atoms with Crippen molar-refractivity contribution in [3.63, 3.8) is 0 Å². The first kappa shape index (κ1) is 14.9. The Labute approximate surface area is 131 Å². The Morgan fingerprint density at radius 2 is 2.13 bits per heavy atom. The van der Waals surface area contributed by atoms with Gasteiger partial charge in [-0.3, -0.25) is 20.2 Å². The standard InChI is InChI=1S/C15H14N4O4/c20-15(19(21)22)13-4-3-11-5-7-18(14(11)17-13)8-9-23-12-2-1-6-16-10-12/h1-7,10,21-22H,8-9H2. The van der Waals surface area contributed by atoms with Crippen LogP contribution in [0, 0.1) is 0 Å². The first-order chi connectivity index (χ1) is 11.1. The van der Waals surface area contributed by atoms with E-state index < -0.39 is 11.1 Å². The number of rotatable bonds is 5. The molecule has 0 fully saturated rings. The molecule has 8 heteroatoms. The molecule has 2 N–H and O–H groups in total. The number of amides is 1. The Hall–Kier alpha value is -2.97. The molecule has 0 aliphatic heterocycles. The molecule has 3 rings (SSSR count). The second-order valence-corrected chi connectivity index (χ2v) is 4.75. The molecular formula is C15H14N4O4. The van der Waals surface area contributed by atoms with Crippen LogP contribution in [0.1, 0.15) is 10.5 Å². The van der Waals surface area contributed by atoms with E-state index in [2.05, 4.69) is 9.97 Å². The number of nitrogens with zero attached hydrogens (tertiary/aromatic N) is 4. The van der Waals surface area contributed by atoms with Gasteiger partial charge in [0.15, 0.2) is 0 Å². The van der Waals surface area contributed by atoms with Crippen LogP contribution in [-0.2, 0) is 6.54 Å². The fourth-order valence-corrected chi connectivity index (χ4v) is 2.16. The number of aromatic nitrogens is 3. The maximum Gasteiger partial charge on any atom is 0.321 e. The number of hydrogen-bond acceptors (Lipinski definition) is 6. The highest BCUT2D eigenvalue weighted by molar-refractivity contribution is 5.93. The quantitative estimate of drug-likeness (QED) is 0.549. The fraction of sp³-hybridized carbons (Fsp3) is 0.133. The van der Waals surface area contributed by atoms with Crippen LogP contribution >= 0.6 is 0 Å². The van der Waals surface area contributed by atoms with Gasteiger partial charge in [-0.05, 0) is 30.3 Å². The minimum absolute atomic E-state index is 0.0596. The Kier molecular flexibility index (Phi) is 4.18. The average Bonchev–Trinajstić information content (AvgIpc) is 2.97. The van der Waals surface area contributed by atoms with Crippen molar-refractivity contribution in [3.05, 3.63) is 54.6 Å². The van der Waals surface area contributed by atoms with Crippen molar-refractivity contribution in [2.75, 3.05) is 6.61 Å². The molecule has 118 valence electrons. The molecule has 3 aromatic rings. The summed E-state index contributed by atoms with van der Waals surface area (Å²) in [5.41, 5.74) is 0.503. The number of ether oxygens (including phenoxy) is 1. The van der Waals surface area contributed by atoms with E-state index in [4.69, 9.17) is 15.2 Å². The molecule has 0 atom stereocenters. The third kappa shape index (κ3) is 3.28. The third-order valence-corrected chi connectivity index (χ3v) is 3.25. The van der Waals surface area contributed by atoms with Gasteiger partial charge in [0.1, 0.15) is 23.7 Å². The predicted molar refractivity (Wildman–Crippen MR) is 79.2 cm³/mol. The van der Waals surface area contributed by atoms with Gasteiger partial charge in [0.25, 0.3) is 0 Å². The number of carbonyl (C=O) groups is 1. The summed E-state index contributed by atoms with van der Waals surface area (Å²) in [6, 6.07) is 8.58. The lowest BCUT2D eigenvalue weighted by atomic mass is 10.3. The topological polar surface area (TPSA) is 101 Å². The highest BCUT2D eigenvalue weighted by Gasteiger charge is 2.14. The molecule has 0 saturated heterocycles. The lowest BCUT2D eigenvalue weighted by Crippen LogP contribution is -2.24. The largest absolute Gasteiger partial charge is 0.490 e. The van der Waals surface area contributed by atoms with E-state index in [0.717, 1.165) is 5.39 Å². The van der Waals surface area contributed by atoms with Crippen LogP contribution in [-0.4, -0.2) is 42.7 Å². The molecule has 3 aromatic heterocycles. The maximum atomic E-state index is 11.5. The molecule has 0 aromatic carbocycles. The van der Waals surface area contributed by atoms with E-state index in [-0.39, 0.29) is 5.69 Å². The SMILES string of the molecule is O=C(c1ccc2ccn(CCOc3cccnc3)c2n1)N(O)O. The normalized spacial score (nSPS) is 10.7. The lowest BCUT2D eigenvalue weighted by Gasteiger charge is -2.09. The molecule has 0 spiro atoms. The van der Waals surface area contributed by atoms with Gasteiger partial charge in [-0.1, -0.05) is 5.23 Å². The molecule has 8 nitrogen and oxygen atoms in total. The Morgan fingerprint density at radius 1 is 1.26 bits per heavy atom. The molecule has 0 radical (unpaired) electrons. The van der Waals surface area contributed by atoms with E-state index in [1.54, 1.807) is 24.5 Å². The van der Waals surface area contributed by atoms with Crippen molar-refractivity contribution in [2.45, 2.75) is 6.54 Å². The summed E-state index contributed by atoms with van der Waals surface area (Å²) in [4.78, 5) is 19.7. The third-order valence-electron chi connectivity index (χ3n) is 3.25. The molecule has 0 saturated carbocycles. The summed E-state index contributed by atoms with van der Waals surface area (Å²) in [5.74, 6) is -0.324. The van der Waals surface area contributed by atoms with Crippen molar-refractivity contribution in [1.29, 1.82) is 0 Å². The van der Waals surface area contributed by atoms with Crippen molar-refractivity contribution in [1.82, 2.24) is 19.8 Å². The second kappa shape index (κ2) is 6.42. The summed E-state index contributed by atoms with van der Waals surface area (Å²) in [6.45, 7) is 0.923. The van der Waals surface area contributed by atoms with Crippen LogP contribution in [0.3, 0.4) is 0 Å². The zero-order valence-corrected chi connectivity index (χ0v) is 12.0. The number of pyridine rings is 2. The zero-order chi connectivity index (χ0) is 16.2. The van der Waals surface area contributed by atoms with Crippen molar-refractivity contribution in [2.24, 2.45) is 0 Å². The Balaban J connectivity index is 1.75. The monoisotopic (exact) mass is 314 g/mol. The van der Waals surface area contributed by atoms with Gasteiger partial charge >= 0.3 is 5.91 Å². The van der Waals surface area contributed by atoms with Gasteiger partial charge in [-0.25, -0.2) is 4.98 Å². The van der Waals surface area contributed by atoms with Gasteiger partial charge in [-0.15, -0.1) is 0 Å². The zero-order valence-electron chi connectivity index (χ0n) is 12.0. The van der Waals surface area contributed by atoms with E-state index >= 15 is 0 Å². The van der Waals surface area contributed by atoms with Crippen molar-refractivity contribution < 1.29 is 19.9 Å². The molecule has 0 unspecified atom stereocenters. The highest BCUT2D eigenvalue weighted by Crippen LogP contribution is 2.15. The van der Waals surface area contributed by atoms with Crippen LogP contribution in [0.5, 0.6) is 5.75 Å². The molecule has 0 aliphatic carbocycles. The molecule has 0 bridgehead atoms. The van der Waals surface area contributed by atoms with Gasteiger partial charge in [0.05, 0.1) is 12.7 Å². The summed E-state index contributed by atoms with van der Waals surface area (Å²) >= 11 is 0. The van der Waals surface area contributed by atoms with E-state index in [9.17, 15) is 4.79 Å². The molecular weight excluding hydrogens is 300 g/mol. The highest BCUT2D eigenvalue weighted by atomic mass is 16.8. The summed E-state index contributed by atoms with van der Waals surface area (Å²) in [5, 5.41) is 18.0. The molecule has 23 heavy (non-hydrogen) atoms. The minimum Gasteiger partial charge on any atom is -0.490 e. The van der Waals surface area contributed by atoms with Crippen LogP contribution < -0.4 is 4.74 Å². The van der Waals surface area contributed by atoms with Gasteiger partial charge in [0.2, 0.25) is 0 Å². The average molecular weight is 314 g/mol. The van der Waals surface area contributed by atoms with E-state index in [1.165, 1.54) is 6.07 Å². The minimum atomic E-state index is -0.994. The maximum absolute atomic E-state index is 11.5. The van der Waals surface area contributed by atoms with E-state index in [0.29, 0.717) is 24.5 Å². The number of carbonyl (C=O) groups excluding carboxylic acids is 1. The number of hydrogen-bond donors (Lipinski definition) is 2. The van der Waals surface area contributed by atoms with Crippen molar-refractivity contribution >= 4 is 16.9 Å². The molecule has 3 heterocycles. The fourth-order valence-electron chi connectivity index (χ4n) is 2.16. The van der Waals surface area contributed by atoms with Gasteiger partial charge < -0.3 is 9.30 Å². The van der Waals surface area contributed by atoms with E-state index in [1.807, 2.05) is 22.9 Å². The first-order valence-corrected chi connectivity index (χ1v) is 6.86. The summed E-state index contributed by atoms with van der Waals surface area (Å²) in [6.07, 6.45) is 5.12. The summed E-state index contributed by atoms with van der Waals surface area (Å²) in [7, 11) is 0. The smallest absolute Gasteiger partial charge is 0.321 e. The summed E-state index contributed by atoms with van der Waals surface area (Å²) < 4.78 is 7.40. The van der Waals surface area contributed by atoms with Crippen LogP contribution in [0.25, 0.3) is 11.0 Å². The van der Waals surface area contributed by atoms with Gasteiger partial charge in [0, 0.05) is 17.8 Å². The lowest BCUT2D eigenvalue weighted by molar-refractivity contribution is -0.260. The Morgan fingerprint density at radius 3 is 2.87 bits per heavy atom. The van der Waals surface area contributed by atoms with Crippen LogP contribution in [0.4, 0.5) is 0 Å². The first-order valence-electron chi connectivity index (χ1n) is 6.86. The second-order valence-electron chi connectivity index (χ2n) is 4.75.